The average Bonchev–Trinajstić information content (AvgIpc) is 2.33. The number of benzene rings is 1. The number of halogens is 2. The molecule has 0 aromatic heterocycles. The Hall–Kier alpha value is -2.18. The van der Waals surface area contributed by atoms with Crippen molar-refractivity contribution in [3.8, 4) is 0 Å². The molecule has 0 fully saturated rings. The summed E-state index contributed by atoms with van der Waals surface area (Å²) < 4.78 is 30.8. The van der Waals surface area contributed by atoms with Gasteiger partial charge in [0, 0.05) is 6.54 Å². The van der Waals surface area contributed by atoms with Gasteiger partial charge in [-0.25, -0.2) is 8.78 Å². The Labute approximate surface area is 102 Å². The Morgan fingerprint density at radius 2 is 2.06 bits per heavy atom. The molecule has 0 saturated carbocycles. The first kappa shape index (κ1) is 13.9. The molecule has 0 aliphatic heterocycles. The van der Waals surface area contributed by atoms with Crippen molar-refractivity contribution in [3.63, 3.8) is 0 Å². The second-order valence-electron chi connectivity index (χ2n) is 3.44. The summed E-state index contributed by atoms with van der Waals surface area (Å²) in [6.45, 7) is -0.0403. The maximum atomic E-state index is 13.4. The van der Waals surface area contributed by atoms with Crippen LogP contribution in [0.15, 0.2) is 12.1 Å². The minimum absolute atomic E-state index is 0.0403. The summed E-state index contributed by atoms with van der Waals surface area (Å²) in [6.07, 6.45) is -0.0609. The molecule has 0 saturated heterocycles. The zero-order valence-electron chi connectivity index (χ0n) is 9.63. The molecule has 0 unspecified atom stereocenters. The van der Waals surface area contributed by atoms with E-state index >= 15 is 0 Å². The van der Waals surface area contributed by atoms with Gasteiger partial charge in [0.2, 0.25) is 0 Å². The van der Waals surface area contributed by atoms with E-state index in [0.29, 0.717) is 0 Å². The first-order valence-corrected chi connectivity index (χ1v) is 5.05. The number of methoxy groups -OCH3 is 1. The smallest absolute Gasteiger partial charge is 0.307 e. The lowest BCUT2D eigenvalue weighted by molar-refractivity contribution is -0.140. The van der Waals surface area contributed by atoms with Gasteiger partial charge in [0.1, 0.15) is 5.82 Å². The fraction of sp³-hybridized carbons (Fsp3) is 0.273. The molecule has 0 heterocycles. The summed E-state index contributed by atoms with van der Waals surface area (Å²) in [5.74, 6) is -3.17. The van der Waals surface area contributed by atoms with E-state index < -0.39 is 34.8 Å². The quantitative estimate of drug-likeness (QED) is 0.619. The molecule has 98 valence electrons. The Morgan fingerprint density at radius 3 is 2.67 bits per heavy atom. The van der Waals surface area contributed by atoms with Crippen molar-refractivity contribution in [1.82, 2.24) is 5.32 Å². The molecule has 0 atom stereocenters. The highest BCUT2D eigenvalue weighted by atomic mass is 19.1. The van der Waals surface area contributed by atoms with Crippen LogP contribution in [-0.2, 0) is 9.53 Å². The number of carbonyl (C=O) groups excluding carboxylic acids is 2. The monoisotopic (exact) mass is 258 g/mol. The van der Waals surface area contributed by atoms with E-state index in [0.717, 1.165) is 12.1 Å². The van der Waals surface area contributed by atoms with E-state index in [9.17, 15) is 18.4 Å². The Kier molecular flexibility index (Phi) is 4.59. The van der Waals surface area contributed by atoms with E-state index in [1.54, 1.807) is 0 Å². The van der Waals surface area contributed by atoms with Crippen LogP contribution >= 0.6 is 0 Å². The molecular weight excluding hydrogens is 246 g/mol. The summed E-state index contributed by atoms with van der Waals surface area (Å²) in [7, 11) is 1.21. The summed E-state index contributed by atoms with van der Waals surface area (Å²) in [5, 5.41) is 2.26. The molecule has 3 N–H and O–H groups in total. The predicted octanol–water partition coefficient (Wildman–Crippen LogP) is 0.840. The number of hydrogen-bond donors (Lipinski definition) is 2. The van der Waals surface area contributed by atoms with Crippen LogP contribution in [-0.4, -0.2) is 25.5 Å². The number of anilines is 1. The molecule has 0 bridgehead atoms. The molecule has 0 radical (unpaired) electrons. The molecule has 0 aliphatic carbocycles. The Balaban J connectivity index is 2.70. The first-order valence-electron chi connectivity index (χ1n) is 5.05. The lowest BCUT2D eigenvalue weighted by Gasteiger charge is -2.07. The summed E-state index contributed by atoms with van der Waals surface area (Å²) >= 11 is 0. The lowest BCUT2D eigenvalue weighted by Crippen LogP contribution is -2.27. The molecular formula is C11H12F2N2O3. The number of nitrogens with two attached hydrogens (primary N) is 1. The van der Waals surface area contributed by atoms with Crippen LogP contribution < -0.4 is 11.1 Å². The van der Waals surface area contributed by atoms with Gasteiger partial charge in [0.05, 0.1) is 24.8 Å². The van der Waals surface area contributed by atoms with Crippen molar-refractivity contribution in [1.29, 1.82) is 0 Å². The summed E-state index contributed by atoms with van der Waals surface area (Å²) in [4.78, 5) is 22.3. The first-order chi connectivity index (χ1) is 8.45. The maximum Gasteiger partial charge on any atom is 0.307 e. The number of nitrogens with one attached hydrogen (secondary N) is 1. The number of rotatable bonds is 4. The number of nitrogen functional groups attached to an aromatic ring is 1. The number of carbonyl (C=O) groups is 2. The van der Waals surface area contributed by atoms with Gasteiger partial charge in [-0.3, -0.25) is 9.59 Å². The fourth-order valence-corrected chi connectivity index (χ4v) is 1.25. The molecule has 1 aromatic rings. The molecule has 1 amide bonds. The molecule has 0 spiro atoms. The van der Waals surface area contributed by atoms with Crippen LogP contribution in [0, 0.1) is 11.6 Å². The minimum atomic E-state index is -0.994. The van der Waals surface area contributed by atoms with Gasteiger partial charge in [0.15, 0.2) is 5.82 Å². The van der Waals surface area contributed by atoms with E-state index in [1.807, 2.05) is 0 Å². The molecule has 1 aromatic carbocycles. The van der Waals surface area contributed by atoms with Crippen molar-refractivity contribution in [2.75, 3.05) is 19.4 Å². The van der Waals surface area contributed by atoms with Crippen LogP contribution in [0.4, 0.5) is 14.5 Å². The van der Waals surface area contributed by atoms with Crippen LogP contribution in [0.25, 0.3) is 0 Å². The fourth-order valence-electron chi connectivity index (χ4n) is 1.25. The average molecular weight is 258 g/mol. The van der Waals surface area contributed by atoms with Gasteiger partial charge < -0.3 is 15.8 Å². The largest absolute Gasteiger partial charge is 0.469 e. The standard InChI is InChI=1S/C11H12F2N2O3/c1-18-9(16)2-3-15-11(17)7-4-6(12)5-8(14)10(7)13/h4-5H,2-3,14H2,1H3,(H,15,17). The van der Waals surface area contributed by atoms with Crippen molar-refractivity contribution >= 4 is 17.6 Å². The SMILES string of the molecule is COC(=O)CCNC(=O)c1cc(F)cc(N)c1F. The number of hydrogen-bond acceptors (Lipinski definition) is 4. The third-order valence-electron chi connectivity index (χ3n) is 2.15. The zero-order valence-corrected chi connectivity index (χ0v) is 9.63. The summed E-state index contributed by atoms with van der Waals surface area (Å²) in [6, 6.07) is 1.51. The number of ether oxygens (including phenoxy) is 1. The normalized spacial score (nSPS) is 9.94. The second-order valence-corrected chi connectivity index (χ2v) is 3.44. The number of esters is 1. The van der Waals surface area contributed by atoms with Crippen molar-refractivity contribution < 1.29 is 23.1 Å². The van der Waals surface area contributed by atoms with Crippen molar-refractivity contribution in [2.45, 2.75) is 6.42 Å². The van der Waals surface area contributed by atoms with Gasteiger partial charge in [-0.05, 0) is 12.1 Å². The molecule has 1 rings (SSSR count). The van der Waals surface area contributed by atoms with Gasteiger partial charge in [-0.15, -0.1) is 0 Å². The third kappa shape index (κ3) is 3.41. The second kappa shape index (κ2) is 5.95. The van der Waals surface area contributed by atoms with Crippen LogP contribution in [0.2, 0.25) is 0 Å². The van der Waals surface area contributed by atoms with Gasteiger partial charge in [-0.2, -0.15) is 0 Å². The summed E-state index contributed by atoms with van der Waals surface area (Å²) in [5.41, 5.74) is 4.24. The van der Waals surface area contributed by atoms with Crippen molar-refractivity contribution in [3.05, 3.63) is 29.3 Å². The molecule has 0 aliphatic rings. The van der Waals surface area contributed by atoms with Crippen LogP contribution in [0.1, 0.15) is 16.8 Å². The molecule has 18 heavy (non-hydrogen) atoms. The van der Waals surface area contributed by atoms with E-state index in [-0.39, 0.29) is 13.0 Å². The zero-order chi connectivity index (χ0) is 13.7. The highest BCUT2D eigenvalue weighted by molar-refractivity contribution is 5.95. The maximum absolute atomic E-state index is 13.4. The Morgan fingerprint density at radius 1 is 1.39 bits per heavy atom. The lowest BCUT2D eigenvalue weighted by atomic mass is 10.1. The van der Waals surface area contributed by atoms with Gasteiger partial charge in [-0.1, -0.05) is 0 Å². The highest BCUT2D eigenvalue weighted by Crippen LogP contribution is 2.17. The molecule has 7 heteroatoms. The highest BCUT2D eigenvalue weighted by Gasteiger charge is 2.16. The molecule has 5 nitrogen and oxygen atoms in total. The third-order valence-corrected chi connectivity index (χ3v) is 2.15. The topological polar surface area (TPSA) is 81.4 Å². The van der Waals surface area contributed by atoms with E-state index in [1.165, 1.54) is 7.11 Å². The predicted molar refractivity (Wildman–Crippen MR) is 59.7 cm³/mol. The van der Waals surface area contributed by atoms with Gasteiger partial charge >= 0.3 is 5.97 Å². The van der Waals surface area contributed by atoms with E-state index in [4.69, 9.17) is 5.73 Å². The van der Waals surface area contributed by atoms with Crippen LogP contribution in [0.5, 0.6) is 0 Å². The van der Waals surface area contributed by atoms with Crippen molar-refractivity contribution in [2.24, 2.45) is 0 Å². The van der Waals surface area contributed by atoms with Crippen LogP contribution in [0.3, 0.4) is 0 Å². The van der Waals surface area contributed by atoms with Gasteiger partial charge in [0.25, 0.3) is 5.91 Å². The Bertz CT molecular complexity index is 478. The number of amides is 1. The van der Waals surface area contributed by atoms with E-state index in [2.05, 4.69) is 10.1 Å². The minimum Gasteiger partial charge on any atom is -0.469 e.